The normalized spacial score (nSPS) is 23.3. The first kappa shape index (κ1) is 18.6. The van der Waals surface area contributed by atoms with Gasteiger partial charge in [-0.2, -0.15) is 0 Å². The van der Waals surface area contributed by atoms with E-state index in [1.165, 1.54) is 32.1 Å². The van der Waals surface area contributed by atoms with Crippen LogP contribution in [0, 0.1) is 11.3 Å². The van der Waals surface area contributed by atoms with Gasteiger partial charge in [0.2, 0.25) is 0 Å². The van der Waals surface area contributed by atoms with Crippen LogP contribution in [0.3, 0.4) is 0 Å². The Balaban J connectivity index is 1.26. The molecule has 0 amide bonds. The van der Waals surface area contributed by atoms with E-state index in [0.717, 1.165) is 55.8 Å². The Morgan fingerprint density at radius 2 is 1.85 bits per heavy atom. The zero-order chi connectivity index (χ0) is 18.9. The largest absolute Gasteiger partial charge is 0.493 e. The molecular formula is C22H31NO4. The van der Waals surface area contributed by atoms with Crippen LogP contribution in [-0.2, 0) is 4.74 Å². The van der Waals surface area contributed by atoms with Crippen molar-refractivity contribution in [2.24, 2.45) is 11.3 Å². The number of rotatable bonds is 9. The van der Waals surface area contributed by atoms with Gasteiger partial charge in [0.05, 0.1) is 26.0 Å². The smallest absolute Gasteiger partial charge is 0.162 e. The standard InChI is InChI=1S/C22H31NO4/c1-25-20-12-16(15-24)19(13-21(20)26-2)23-9-5-18(6-10-23)27-11-3-4-17-14-22(17)7-8-22/h12-13,15,17-18H,3-11,14H2,1-2H3. The van der Waals surface area contributed by atoms with Crippen molar-refractivity contribution in [1.29, 1.82) is 0 Å². The number of carbonyl (C=O) groups is 1. The Hall–Kier alpha value is -1.75. The van der Waals surface area contributed by atoms with Gasteiger partial charge in [-0.3, -0.25) is 4.79 Å². The number of hydrogen-bond donors (Lipinski definition) is 0. The van der Waals surface area contributed by atoms with Crippen molar-refractivity contribution in [2.45, 2.75) is 51.0 Å². The molecule has 5 heteroatoms. The monoisotopic (exact) mass is 373 g/mol. The van der Waals surface area contributed by atoms with Gasteiger partial charge in [0.15, 0.2) is 17.8 Å². The van der Waals surface area contributed by atoms with Crippen LogP contribution in [0.4, 0.5) is 5.69 Å². The summed E-state index contributed by atoms with van der Waals surface area (Å²) in [6.45, 7) is 2.69. The van der Waals surface area contributed by atoms with E-state index in [1.54, 1.807) is 20.3 Å². The first-order valence-corrected chi connectivity index (χ1v) is 10.3. The summed E-state index contributed by atoms with van der Waals surface area (Å²) in [5.41, 5.74) is 2.39. The zero-order valence-corrected chi connectivity index (χ0v) is 16.5. The van der Waals surface area contributed by atoms with Gasteiger partial charge in [-0.15, -0.1) is 0 Å². The number of ether oxygens (including phenoxy) is 3. The summed E-state index contributed by atoms with van der Waals surface area (Å²) in [5, 5.41) is 0. The highest BCUT2D eigenvalue weighted by Crippen LogP contribution is 2.71. The second-order valence-corrected chi connectivity index (χ2v) is 8.35. The lowest BCUT2D eigenvalue weighted by molar-refractivity contribution is 0.0342. The summed E-state index contributed by atoms with van der Waals surface area (Å²) in [5.74, 6) is 2.25. The van der Waals surface area contributed by atoms with Gasteiger partial charge in [-0.1, -0.05) is 0 Å². The molecule has 4 rings (SSSR count). The molecule has 1 aromatic rings. The Morgan fingerprint density at radius 1 is 1.15 bits per heavy atom. The summed E-state index contributed by atoms with van der Waals surface area (Å²) in [7, 11) is 3.21. The first-order chi connectivity index (χ1) is 13.2. The molecule has 148 valence electrons. The molecule has 1 aromatic carbocycles. The molecule has 2 saturated carbocycles. The molecule has 1 aliphatic heterocycles. The second-order valence-electron chi connectivity index (χ2n) is 8.35. The SMILES string of the molecule is COc1cc(C=O)c(N2CCC(OCCCC3CC34CC4)CC2)cc1OC. The van der Waals surface area contributed by atoms with E-state index in [1.807, 2.05) is 6.07 Å². The minimum atomic E-state index is 0.343. The molecular weight excluding hydrogens is 342 g/mol. The molecule has 1 atom stereocenters. The van der Waals surface area contributed by atoms with Gasteiger partial charge in [0, 0.05) is 31.3 Å². The van der Waals surface area contributed by atoms with Crippen LogP contribution in [-0.4, -0.2) is 46.3 Å². The second kappa shape index (κ2) is 7.70. The van der Waals surface area contributed by atoms with Crippen LogP contribution in [0.15, 0.2) is 12.1 Å². The maximum absolute atomic E-state index is 11.5. The summed E-state index contributed by atoms with van der Waals surface area (Å²) in [6, 6.07) is 3.67. The molecule has 0 N–H and O–H groups in total. The first-order valence-electron chi connectivity index (χ1n) is 10.3. The Bertz CT molecular complexity index is 677. The van der Waals surface area contributed by atoms with Crippen molar-refractivity contribution >= 4 is 12.0 Å². The van der Waals surface area contributed by atoms with Crippen molar-refractivity contribution < 1.29 is 19.0 Å². The van der Waals surface area contributed by atoms with Crippen LogP contribution in [0.5, 0.6) is 11.5 Å². The van der Waals surface area contributed by atoms with E-state index in [0.29, 0.717) is 23.2 Å². The highest BCUT2D eigenvalue weighted by atomic mass is 16.5. The molecule has 5 nitrogen and oxygen atoms in total. The van der Waals surface area contributed by atoms with Crippen molar-refractivity contribution in [2.75, 3.05) is 38.8 Å². The highest BCUT2D eigenvalue weighted by molar-refractivity contribution is 5.86. The van der Waals surface area contributed by atoms with E-state index in [2.05, 4.69) is 4.90 Å². The molecule has 0 aromatic heterocycles. The number of aldehydes is 1. The maximum atomic E-state index is 11.5. The average Bonchev–Trinajstić information content (AvgIpc) is 3.64. The molecule has 1 unspecified atom stereocenters. The Morgan fingerprint density at radius 3 is 2.44 bits per heavy atom. The van der Waals surface area contributed by atoms with Crippen LogP contribution in [0.2, 0.25) is 0 Å². The number of piperidine rings is 1. The van der Waals surface area contributed by atoms with Crippen LogP contribution in [0.1, 0.15) is 55.3 Å². The van der Waals surface area contributed by atoms with Gasteiger partial charge in [0.1, 0.15) is 0 Å². The fourth-order valence-electron chi connectivity index (χ4n) is 4.71. The summed E-state index contributed by atoms with van der Waals surface area (Å²) >= 11 is 0. The Kier molecular flexibility index (Phi) is 5.31. The van der Waals surface area contributed by atoms with Crippen LogP contribution >= 0.6 is 0 Å². The van der Waals surface area contributed by atoms with E-state index in [4.69, 9.17) is 14.2 Å². The fraction of sp³-hybridized carbons (Fsp3) is 0.682. The molecule has 0 bridgehead atoms. The third-order valence-corrected chi connectivity index (χ3v) is 6.74. The predicted octanol–water partition coefficient (Wildman–Crippen LogP) is 4.08. The number of methoxy groups -OCH3 is 2. The van der Waals surface area contributed by atoms with E-state index >= 15 is 0 Å². The Labute approximate surface area is 162 Å². The molecule has 1 spiro atoms. The number of anilines is 1. The summed E-state index contributed by atoms with van der Waals surface area (Å²) < 4.78 is 16.8. The maximum Gasteiger partial charge on any atom is 0.162 e. The molecule has 1 heterocycles. The number of benzene rings is 1. The highest BCUT2D eigenvalue weighted by Gasteiger charge is 2.61. The molecule has 3 fully saturated rings. The third-order valence-electron chi connectivity index (χ3n) is 6.74. The molecule has 0 radical (unpaired) electrons. The third kappa shape index (κ3) is 3.93. The average molecular weight is 373 g/mol. The van der Waals surface area contributed by atoms with E-state index in [9.17, 15) is 4.79 Å². The molecule has 3 aliphatic rings. The molecule has 1 saturated heterocycles. The van der Waals surface area contributed by atoms with Gasteiger partial charge in [-0.05, 0) is 62.3 Å². The van der Waals surface area contributed by atoms with Crippen molar-refractivity contribution in [3.05, 3.63) is 17.7 Å². The lowest BCUT2D eigenvalue weighted by atomic mass is 10.0. The lowest BCUT2D eigenvalue weighted by Crippen LogP contribution is -2.37. The predicted molar refractivity (Wildman–Crippen MR) is 105 cm³/mol. The van der Waals surface area contributed by atoms with Crippen molar-refractivity contribution in [1.82, 2.24) is 0 Å². The number of nitrogens with zero attached hydrogens (tertiary/aromatic N) is 1. The van der Waals surface area contributed by atoms with Gasteiger partial charge in [-0.25, -0.2) is 0 Å². The van der Waals surface area contributed by atoms with Crippen LogP contribution in [0.25, 0.3) is 0 Å². The van der Waals surface area contributed by atoms with E-state index < -0.39 is 0 Å². The van der Waals surface area contributed by atoms with Gasteiger partial charge >= 0.3 is 0 Å². The van der Waals surface area contributed by atoms with Gasteiger partial charge < -0.3 is 19.1 Å². The van der Waals surface area contributed by atoms with Crippen molar-refractivity contribution in [3.8, 4) is 11.5 Å². The summed E-state index contributed by atoms with van der Waals surface area (Å²) in [6.07, 6.45) is 10.2. The van der Waals surface area contributed by atoms with Crippen molar-refractivity contribution in [3.63, 3.8) is 0 Å². The van der Waals surface area contributed by atoms with Gasteiger partial charge in [0.25, 0.3) is 0 Å². The van der Waals surface area contributed by atoms with Crippen LogP contribution < -0.4 is 14.4 Å². The lowest BCUT2D eigenvalue weighted by Gasteiger charge is -2.34. The summed E-state index contributed by atoms with van der Waals surface area (Å²) in [4.78, 5) is 13.8. The fourth-order valence-corrected chi connectivity index (χ4v) is 4.71. The molecule has 27 heavy (non-hydrogen) atoms. The minimum absolute atomic E-state index is 0.343. The topological polar surface area (TPSA) is 48.0 Å². The van der Waals surface area contributed by atoms with E-state index in [-0.39, 0.29) is 0 Å². The number of hydrogen-bond acceptors (Lipinski definition) is 5. The minimum Gasteiger partial charge on any atom is -0.493 e. The zero-order valence-electron chi connectivity index (χ0n) is 16.5. The quantitative estimate of drug-likeness (QED) is 0.482. The number of carbonyl (C=O) groups excluding carboxylic acids is 1. The molecule has 2 aliphatic carbocycles.